The average Bonchev–Trinajstić information content (AvgIpc) is 3.37. The maximum absolute atomic E-state index is 13.9. The Bertz CT molecular complexity index is 1430. The van der Waals surface area contributed by atoms with Gasteiger partial charge in [0.2, 0.25) is 0 Å². The summed E-state index contributed by atoms with van der Waals surface area (Å²) in [7, 11) is 6.46. The molecule has 0 spiro atoms. The third kappa shape index (κ3) is 5.19. The summed E-state index contributed by atoms with van der Waals surface area (Å²) in [5.41, 5.74) is 4.48. The number of ether oxygens (including phenoxy) is 4. The van der Waals surface area contributed by atoms with Crippen molar-refractivity contribution >= 4 is 29.3 Å². The normalized spacial score (nSPS) is 19.4. The van der Waals surface area contributed by atoms with Crippen molar-refractivity contribution in [3.8, 4) is 23.0 Å². The molecule has 0 radical (unpaired) electrons. The second-order valence-electron chi connectivity index (χ2n) is 9.48. The van der Waals surface area contributed by atoms with E-state index in [1.54, 1.807) is 57.7 Å². The molecule has 3 aromatic carbocycles. The van der Waals surface area contributed by atoms with Crippen LogP contribution in [0.4, 0.5) is 0 Å². The minimum Gasteiger partial charge on any atom is -0.493 e. The molecule has 0 saturated heterocycles. The second-order valence-corrected chi connectivity index (χ2v) is 9.92. The van der Waals surface area contributed by atoms with Gasteiger partial charge in [-0.05, 0) is 90.6 Å². The smallest absolute Gasteiger partial charge is 0.274 e. The van der Waals surface area contributed by atoms with Crippen molar-refractivity contribution < 1.29 is 23.7 Å². The summed E-state index contributed by atoms with van der Waals surface area (Å²) in [5.74, 6) is 2.43. The molecule has 0 unspecified atom stereocenters. The molecule has 8 heteroatoms. The van der Waals surface area contributed by atoms with Crippen molar-refractivity contribution in [1.29, 1.82) is 0 Å². The molecule has 1 saturated carbocycles. The van der Waals surface area contributed by atoms with E-state index in [-0.39, 0.29) is 17.9 Å². The van der Waals surface area contributed by atoms with Gasteiger partial charge in [0.1, 0.15) is 0 Å². The summed E-state index contributed by atoms with van der Waals surface area (Å²) in [6, 6.07) is 18.3. The van der Waals surface area contributed by atoms with E-state index in [0.717, 1.165) is 41.7 Å². The highest BCUT2D eigenvalue weighted by Gasteiger charge is 2.44. The van der Waals surface area contributed by atoms with Crippen molar-refractivity contribution in [1.82, 2.24) is 5.01 Å². The summed E-state index contributed by atoms with van der Waals surface area (Å²) < 4.78 is 22.0. The SMILES string of the molecule is COc1ccc(/C=C2\CCC[C@@H]3C2=NN(C(=O)c2ccc(Cl)cc2)[C@@H]3c2ccc(OC)c(OC)c2)cc1OC. The van der Waals surface area contributed by atoms with Gasteiger partial charge in [-0.15, -0.1) is 0 Å². The predicted molar refractivity (Wildman–Crippen MR) is 152 cm³/mol. The number of hydrazone groups is 1. The van der Waals surface area contributed by atoms with Crippen molar-refractivity contribution in [2.24, 2.45) is 11.0 Å². The van der Waals surface area contributed by atoms with Crippen molar-refractivity contribution in [2.45, 2.75) is 25.3 Å². The fourth-order valence-corrected chi connectivity index (χ4v) is 5.53. The number of nitrogens with zero attached hydrogens (tertiary/aromatic N) is 2. The number of carbonyl (C=O) groups excluding carboxylic acids is 1. The largest absolute Gasteiger partial charge is 0.493 e. The molecule has 1 aliphatic heterocycles. The Morgan fingerprint density at radius 1 is 0.872 bits per heavy atom. The maximum Gasteiger partial charge on any atom is 0.274 e. The number of hydrogen-bond acceptors (Lipinski definition) is 6. The van der Waals surface area contributed by atoms with Crippen molar-refractivity contribution in [2.75, 3.05) is 28.4 Å². The highest BCUT2D eigenvalue weighted by Crippen LogP contribution is 2.46. The number of allylic oxidation sites excluding steroid dienone is 1. The van der Waals surface area contributed by atoms with Gasteiger partial charge < -0.3 is 18.9 Å². The Morgan fingerprint density at radius 3 is 2.18 bits per heavy atom. The van der Waals surface area contributed by atoms with Crippen LogP contribution in [-0.2, 0) is 0 Å². The lowest BCUT2D eigenvalue weighted by molar-refractivity contribution is 0.0680. The zero-order valence-corrected chi connectivity index (χ0v) is 23.2. The minimum absolute atomic E-state index is 0.0273. The van der Waals surface area contributed by atoms with Gasteiger partial charge in [-0.2, -0.15) is 5.10 Å². The van der Waals surface area contributed by atoms with E-state index in [9.17, 15) is 4.79 Å². The summed E-state index contributed by atoms with van der Waals surface area (Å²) in [5, 5.41) is 7.19. The van der Waals surface area contributed by atoms with Crippen molar-refractivity contribution in [3.05, 3.63) is 87.9 Å². The molecule has 1 amide bonds. The number of halogens is 1. The van der Waals surface area contributed by atoms with Crippen LogP contribution in [0.15, 0.2) is 71.3 Å². The number of methoxy groups -OCH3 is 4. The molecule has 0 bridgehead atoms. The molecule has 2 atom stereocenters. The molecule has 3 aromatic rings. The van der Waals surface area contributed by atoms with Gasteiger partial charge in [0.25, 0.3) is 5.91 Å². The van der Waals surface area contributed by atoms with E-state index in [0.29, 0.717) is 33.6 Å². The summed E-state index contributed by atoms with van der Waals surface area (Å²) in [6.07, 6.45) is 4.89. The number of benzene rings is 3. The molecule has 0 aromatic heterocycles. The zero-order valence-electron chi connectivity index (χ0n) is 22.4. The molecular weight excluding hydrogens is 516 g/mol. The van der Waals surface area contributed by atoms with Gasteiger partial charge in [-0.3, -0.25) is 4.79 Å². The van der Waals surface area contributed by atoms with E-state index in [2.05, 4.69) is 6.08 Å². The van der Waals surface area contributed by atoms with Gasteiger partial charge in [0, 0.05) is 16.5 Å². The molecule has 1 aliphatic carbocycles. The van der Waals surface area contributed by atoms with Gasteiger partial charge in [-0.1, -0.05) is 23.7 Å². The molecule has 0 N–H and O–H groups in total. The second kappa shape index (κ2) is 11.4. The van der Waals surface area contributed by atoms with E-state index in [1.807, 2.05) is 36.4 Å². The number of amides is 1. The highest BCUT2D eigenvalue weighted by molar-refractivity contribution is 6.30. The number of hydrogen-bond donors (Lipinski definition) is 0. The molecule has 39 heavy (non-hydrogen) atoms. The molecule has 7 nitrogen and oxygen atoms in total. The Balaban J connectivity index is 1.59. The molecule has 2 aliphatic rings. The number of fused-ring (bicyclic) bond motifs is 1. The van der Waals surface area contributed by atoms with Gasteiger partial charge in [-0.25, -0.2) is 5.01 Å². The van der Waals surface area contributed by atoms with Gasteiger partial charge in [0.15, 0.2) is 23.0 Å². The number of rotatable bonds is 7. The molecule has 1 fully saturated rings. The quantitative estimate of drug-likeness (QED) is 0.325. The third-order valence-electron chi connectivity index (χ3n) is 7.30. The first kappa shape index (κ1) is 26.6. The molecule has 5 rings (SSSR count). The Hall–Kier alpha value is -3.97. The van der Waals surface area contributed by atoms with E-state index < -0.39 is 0 Å². The van der Waals surface area contributed by atoms with Crippen LogP contribution in [0.25, 0.3) is 6.08 Å². The Morgan fingerprint density at radius 2 is 1.51 bits per heavy atom. The highest BCUT2D eigenvalue weighted by atomic mass is 35.5. The lowest BCUT2D eigenvalue weighted by Gasteiger charge is -2.30. The number of carbonyl (C=O) groups is 1. The Kier molecular flexibility index (Phi) is 7.79. The molecule has 202 valence electrons. The van der Waals surface area contributed by atoms with Crippen LogP contribution in [-0.4, -0.2) is 45.1 Å². The minimum atomic E-state index is -0.294. The Labute approximate surface area is 233 Å². The first-order valence-corrected chi connectivity index (χ1v) is 13.2. The van der Waals surface area contributed by atoms with E-state index in [1.165, 1.54) is 0 Å². The fraction of sp³-hybridized carbons (Fsp3) is 0.290. The zero-order chi connectivity index (χ0) is 27.5. The first-order chi connectivity index (χ1) is 19.0. The topological polar surface area (TPSA) is 69.6 Å². The lowest BCUT2D eigenvalue weighted by Crippen LogP contribution is -2.32. The van der Waals surface area contributed by atoms with Crippen LogP contribution >= 0.6 is 11.6 Å². The predicted octanol–water partition coefficient (Wildman–Crippen LogP) is 6.81. The van der Waals surface area contributed by atoms with Gasteiger partial charge in [0.05, 0.1) is 40.2 Å². The average molecular weight is 547 g/mol. The van der Waals surface area contributed by atoms with E-state index in [4.69, 9.17) is 35.6 Å². The van der Waals surface area contributed by atoms with Crippen LogP contribution in [0.5, 0.6) is 23.0 Å². The van der Waals surface area contributed by atoms with Crippen LogP contribution in [0, 0.1) is 5.92 Å². The molecular formula is C31H31ClN2O5. The van der Waals surface area contributed by atoms with Crippen LogP contribution in [0.3, 0.4) is 0 Å². The lowest BCUT2D eigenvalue weighted by atomic mass is 9.77. The van der Waals surface area contributed by atoms with E-state index >= 15 is 0 Å². The fourth-order valence-electron chi connectivity index (χ4n) is 5.41. The monoisotopic (exact) mass is 546 g/mol. The van der Waals surface area contributed by atoms with Gasteiger partial charge >= 0.3 is 0 Å². The van der Waals surface area contributed by atoms with Crippen LogP contribution < -0.4 is 18.9 Å². The molecule has 1 heterocycles. The van der Waals surface area contributed by atoms with Crippen molar-refractivity contribution in [3.63, 3.8) is 0 Å². The first-order valence-electron chi connectivity index (χ1n) is 12.8. The maximum atomic E-state index is 13.9. The van der Waals surface area contributed by atoms with Crippen LogP contribution in [0.2, 0.25) is 5.02 Å². The summed E-state index contributed by atoms with van der Waals surface area (Å²) in [4.78, 5) is 13.9. The standard InChI is InChI=1S/C31H31ClN2O5/c1-36-25-14-8-19(17-27(25)38-3)16-21-6-5-7-24-29(21)33-34(31(35)20-9-12-23(32)13-10-20)30(24)22-11-15-26(37-2)28(18-22)39-4/h8-18,24,30H,5-7H2,1-4H3/b21-16+/t24-,30-/m1/s1. The van der Waals surface area contributed by atoms with Crippen LogP contribution in [0.1, 0.15) is 46.8 Å². The summed E-state index contributed by atoms with van der Waals surface area (Å²) in [6.45, 7) is 0. The third-order valence-corrected chi connectivity index (χ3v) is 7.55. The summed E-state index contributed by atoms with van der Waals surface area (Å²) >= 11 is 6.10.